The van der Waals surface area contributed by atoms with Crippen molar-refractivity contribution in [1.82, 2.24) is 33.8 Å². The average Bonchev–Trinajstić information content (AvgIpc) is 3.33. The summed E-state index contributed by atoms with van der Waals surface area (Å²) in [7, 11) is -3.21. The van der Waals surface area contributed by atoms with E-state index in [1.54, 1.807) is 27.7 Å². The van der Waals surface area contributed by atoms with Crippen LogP contribution in [0.2, 0.25) is 0 Å². The van der Waals surface area contributed by atoms with Crippen molar-refractivity contribution in [3.05, 3.63) is 29.6 Å². The smallest absolute Gasteiger partial charge is 0.244 e. The van der Waals surface area contributed by atoms with Gasteiger partial charge in [0, 0.05) is 38.3 Å². The van der Waals surface area contributed by atoms with Gasteiger partial charge in [-0.2, -0.15) is 5.10 Å². The van der Waals surface area contributed by atoms with Crippen LogP contribution in [0.3, 0.4) is 0 Å². The number of nitrogens with zero attached hydrogens (tertiary/aromatic N) is 7. The van der Waals surface area contributed by atoms with Gasteiger partial charge < -0.3 is 9.47 Å². The van der Waals surface area contributed by atoms with Crippen LogP contribution in [-0.2, 0) is 34.5 Å². The Hall–Kier alpha value is -2.27. The minimum absolute atomic E-state index is 0.0149. The van der Waals surface area contributed by atoms with E-state index in [1.807, 2.05) is 19.2 Å². The van der Waals surface area contributed by atoms with Crippen LogP contribution >= 0.6 is 0 Å². The number of sulfonamides is 1. The highest BCUT2D eigenvalue weighted by molar-refractivity contribution is 7.89. The molecule has 0 aliphatic carbocycles. The van der Waals surface area contributed by atoms with Crippen LogP contribution in [0.5, 0.6) is 0 Å². The molecule has 0 aromatic carbocycles. The zero-order chi connectivity index (χ0) is 21.5. The molecule has 2 aliphatic rings. The van der Waals surface area contributed by atoms with Gasteiger partial charge >= 0.3 is 0 Å². The summed E-state index contributed by atoms with van der Waals surface area (Å²) in [4.78, 5) is 14.4. The molecule has 164 valence electrons. The highest BCUT2D eigenvalue weighted by Crippen LogP contribution is 2.30. The molecule has 1 saturated heterocycles. The Morgan fingerprint density at radius 2 is 1.90 bits per heavy atom. The number of fused-ring (bicyclic) bond motifs is 1. The lowest BCUT2D eigenvalue weighted by Crippen LogP contribution is -2.42. The normalized spacial score (nSPS) is 18.7. The Morgan fingerprint density at radius 3 is 2.53 bits per heavy atom. The molecule has 2 aliphatic heterocycles. The summed E-state index contributed by atoms with van der Waals surface area (Å²) in [5, 5.41) is 12.6. The number of carbonyl (C=O) groups excluding carboxylic acids is 1. The van der Waals surface area contributed by atoms with E-state index in [1.165, 1.54) is 0 Å². The van der Waals surface area contributed by atoms with E-state index in [9.17, 15) is 13.2 Å². The van der Waals surface area contributed by atoms with E-state index in [4.69, 9.17) is 0 Å². The Kier molecular flexibility index (Phi) is 5.67. The molecular formula is C19H29N7O3S. The van der Waals surface area contributed by atoms with Gasteiger partial charge in [-0.15, -0.1) is 10.2 Å². The summed E-state index contributed by atoms with van der Waals surface area (Å²) in [5.74, 6) is 1.92. The minimum Gasteiger partial charge on any atom is -0.332 e. The van der Waals surface area contributed by atoms with Gasteiger partial charge in [0.2, 0.25) is 15.9 Å². The van der Waals surface area contributed by atoms with E-state index < -0.39 is 15.3 Å². The maximum absolute atomic E-state index is 12.6. The second kappa shape index (κ2) is 8.10. The molecule has 0 unspecified atom stereocenters. The van der Waals surface area contributed by atoms with Gasteiger partial charge in [0.15, 0.2) is 5.82 Å². The highest BCUT2D eigenvalue weighted by Gasteiger charge is 2.34. The first-order chi connectivity index (χ1) is 14.3. The Balaban J connectivity index is 1.39. The monoisotopic (exact) mass is 435 g/mol. The largest absolute Gasteiger partial charge is 0.332 e. The van der Waals surface area contributed by atoms with Gasteiger partial charge in [-0.3, -0.25) is 9.48 Å². The molecule has 1 amide bonds. The fourth-order valence-electron chi connectivity index (χ4n) is 4.15. The van der Waals surface area contributed by atoms with Crippen molar-refractivity contribution in [1.29, 1.82) is 0 Å². The van der Waals surface area contributed by atoms with Crippen molar-refractivity contribution >= 4 is 15.9 Å². The molecule has 0 saturated carbocycles. The number of rotatable bonds is 5. The summed E-state index contributed by atoms with van der Waals surface area (Å²) in [5.41, 5.74) is 0.887. The van der Waals surface area contributed by atoms with Crippen molar-refractivity contribution in [2.45, 2.75) is 64.4 Å². The van der Waals surface area contributed by atoms with Crippen molar-refractivity contribution in [3.8, 4) is 0 Å². The van der Waals surface area contributed by atoms with Crippen LogP contribution < -0.4 is 0 Å². The summed E-state index contributed by atoms with van der Waals surface area (Å²) >= 11 is 0. The molecule has 11 heteroatoms. The van der Waals surface area contributed by atoms with Crippen molar-refractivity contribution in [3.63, 3.8) is 0 Å². The third kappa shape index (κ3) is 4.00. The summed E-state index contributed by atoms with van der Waals surface area (Å²) in [6, 6.07) is 1.88. The van der Waals surface area contributed by atoms with Crippen molar-refractivity contribution in [2.75, 3.05) is 19.6 Å². The second-order valence-electron chi connectivity index (χ2n) is 8.36. The zero-order valence-electron chi connectivity index (χ0n) is 17.7. The number of amides is 1. The van der Waals surface area contributed by atoms with E-state index in [0.717, 1.165) is 30.2 Å². The van der Waals surface area contributed by atoms with Gasteiger partial charge in [0.05, 0.1) is 17.5 Å². The third-order valence-corrected chi connectivity index (χ3v) is 8.26. The maximum Gasteiger partial charge on any atom is 0.244 e. The number of hydrogen-bond acceptors (Lipinski definition) is 6. The van der Waals surface area contributed by atoms with Crippen LogP contribution in [0.4, 0.5) is 0 Å². The lowest BCUT2D eigenvalue weighted by Gasteiger charge is -2.33. The summed E-state index contributed by atoms with van der Waals surface area (Å²) < 4.78 is 30.1. The van der Waals surface area contributed by atoms with Gasteiger partial charge in [-0.1, -0.05) is 0 Å². The molecule has 4 rings (SSSR count). The number of aromatic nitrogens is 5. The number of piperidine rings is 1. The van der Waals surface area contributed by atoms with Gasteiger partial charge in [0.1, 0.15) is 12.4 Å². The number of aryl methyl sites for hydroxylation is 1. The van der Waals surface area contributed by atoms with Crippen LogP contribution in [0.15, 0.2) is 12.3 Å². The van der Waals surface area contributed by atoms with Crippen LogP contribution in [0.25, 0.3) is 0 Å². The Labute approximate surface area is 176 Å². The average molecular weight is 436 g/mol. The molecule has 2 aromatic rings. The zero-order valence-corrected chi connectivity index (χ0v) is 18.5. The standard InChI is InChI=1S/C19H29N7O3S/c1-14(2)30(28,29)25-8-5-16(6-9-25)19-21-20-17-12-23(10-11-26(17)19)18(27)13-24-7-4-15(3)22-24/h4,7,14,16H,5-6,8-13H2,1-3H3. The van der Waals surface area contributed by atoms with E-state index in [2.05, 4.69) is 19.9 Å². The van der Waals surface area contributed by atoms with Crippen LogP contribution in [-0.4, -0.2) is 73.0 Å². The lowest BCUT2D eigenvalue weighted by atomic mass is 9.97. The molecule has 0 N–H and O–H groups in total. The second-order valence-corrected chi connectivity index (χ2v) is 10.9. The molecule has 30 heavy (non-hydrogen) atoms. The van der Waals surface area contributed by atoms with Crippen LogP contribution in [0.1, 0.15) is 49.9 Å². The molecule has 1 fully saturated rings. The topological polar surface area (TPSA) is 106 Å². The highest BCUT2D eigenvalue weighted by atomic mass is 32.2. The Morgan fingerprint density at radius 1 is 1.17 bits per heavy atom. The van der Waals surface area contributed by atoms with Crippen molar-refractivity contribution in [2.24, 2.45) is 0 Å². The molecule has 0 radical (unpaired) electrons. The SMILES string of the molecule is Cc1ccn(CC(=O)N2CCn3c(nnc3C3CCN(S(=O)(=O)C(C)C)CC3)C2)n1. The van der Waals surface area contributed by atoms with Gasteiger partial charge in [0.25, 0.3) is 0 Å². The lowest BCUT2D eigenvalue weighted by molar-refractivity contribution is -0.133. The van der Waals surface area contributed by atoms with E-state index in [0.29, 0.717) is 32.7 Å². The molecule has 0 atom stereocenters. The molecular weight excluding hydrogens is 406 g/mol. The van der Waals surface area contributed by atoms with E-state index in [-0.39, 0.29) is 18.4 Å². The van der Waals surface area contributed by atoms with Crippen LogP contribution in [0, 0.1) is 6.92 Å². The number of hydrogen-bond donors (Lipinski definition) is 0. The predicted molar refractivity (Wildman–Crippen MR) is 110 cm³/mol. The molecule has 2 aromatic heterocycles. The third-order valence-electron chi connectivity index (χ3n) is 5.98. The molecule has 10 nitrogen and oxygen atoms in total. The van der Waals surface area contributed by atoms with Crippen molar-refractivity contribution < 1.29 is 13.2 Å². The van der Waals surface area contributed by atoms with Gasteiger partial charge in [-0.25, -0.2) is 12.7 Å². The fraction of sp³-hybridized carbons (Fsp3) is 0.684. The molecule has 0 spiro atoms. The molecule has 4 heterocycles. The number of carbonyl (C=O) groups is 1. The van der Waals surface area contributed by atoms with E-state index >= 15 is 0 Å². The minimum atomic E-state index is -3.21. The first kappa shape index (κ1) is 21.0. The van der Waals surface area contributed by atoms with Gasteiger partial charge in [-0.05, 0) is 39.7 Å². The molecule has 0 bridgehead atoms. The quantitative estimate of drug-likeness (QED) is 0.686. The fourth-order valence-corrected chi connectivity index (χ4v) is 5.47. The first-order valence-corrected chi connectivity index (χ1v) is 11.9. The Bertz CT molecular complexity index is 1020. The summed E-state index contributed by atoms with van der Waals surface area (Å²) in [6.07, 6.45) is 3.29. The predicted octanol–water partition coefficient (Wildman–Crippen LogP) is 0.743. The first-order valence-electron chi connectivity index (χ1n) is 10.4. The summed E-state index contributed by atoms with van der Waals surface area (Å²) in [6.45, 7) is 8.29. The maximum atomic E-state index is 12.6.